The van der Waals surface area contributed by atoms with Crippen molar-refractivity contribution in [3.05, 3.63) is 57.3 Å². The zero-order valence-corrected chi connectivity index (χ0v) is 13.7. The second-order valence-corrected chi connectivity index (χ2v) is 5.65. The number of amides is 1. The number of nitrogens with one attached hydrogen (secondary N) is 2. The summed E-state index contributed by atoms with van der Waals surface area (Å²) in [6.07, 6.45) is 0.579. The number of carbonyl (C=O) groups is 1. The van der Waals surface area contributed by atoms with Crippen molar-refractivity contribution in [2.75, 3.05) is 5.32 Å². The van der Waals surface area contributed by atoms with Gasteiger partial charge in [-0.2, -0.15) is 0 Å². The van der Waals surface area contributed by atoms with Crippen LogP contribution in [0.2, 0.25) is 0 Å². The number of para-hydroxylation sites is 1. The van der Waals surface area contributed by atoms with Crippen molar-refractivity contribution in [3.8, 4) is 0 Å². The summed E-state index contributed by atoms with van der Waals surface area (Å²) in [4.78, 5) is 32.0. The van der Waals surface area contributed by atoms with Gasteiger partial charge in [-0.05, 0) is 19.1 Å². The lowest BCUT2D eigenvalue weighted by Gasteiger charge is -2.12. The fraction of sp³-hybridized carbons (Fsp3) is 0.133. The van der Waals surface area contributed by atoms with E-state index in [9.17, 15) is 14.7 Å². The number of H-pyrrole nitrogens is 1. The molecule has 23 heavy (non-hydrogen) atoms. The maximum atomic E-state index is 12.6. The highest BCUT2D eigenvalue weighted by molar-refractivity contribution is 7.13. The Labute approximate surface area is 141 Å². The number of rotatable bonds is 3. The summed E-state index contributed by atoms with van der Waals surface area (Å²) < 4.78 is 0. The van der Waals surface area contributed by atoms with Crippen LogP contribution >= 0.6 is 23.7 Å². The zero-order chi connectivity index (χ0) is 15.7. The van der Waals surface area contributed by atoms with Crippen molar-refractivity contribution in [1.82, 2.24) is 9.97 Å². The molecule has 0 spiro atoms. The van der Waals surface area contributed by atoms with Crippen molar-refractivity contribution in [2.24, 2.45) is 0 Å². The average molecular weight is 352 g/mol. The average Bonchev–Trinajstić information content (AvgIpc) is 2.99. The number of benzene rings is 1. The summed E-state index contributed by atoms with van der Waals surface area (Å²) in [6.45, 7) is 1.50. The first-order valence-corrected chi connectivity index (χ1v) is 7.49. The zero-order valence-electron chi connectivity index (χ0n) is 12.1. The molecular formula is C15H14ClN3O3S. The molecule has 0 aliphatic carbocycles. The first-order valence-electron chi connectivity index (χ1n) is 6.61. The largest absolute Gasteiger partial charge is 0.387 e. The van der Waals surface area contributed by atoms with E-state index in [1.807, 2.05) is 0 Å². The van der Waals surface area contributed by atoms with E-state index in [0.29, 0.717) is 16.0 Å². The summed E-state index contributed by atoms with van der Waals surface area (Å²) >= 11 is 1.25. The third kappa shape index (κ3) is 3.26. The number of aliphatic hydroxyl groups is 1. The minimum absolute atomic E-state index is 0. The molecular weight excluding hydrogens is 338 g/mol. The molecule has 120 valence electrons. The molecule has 3 aromatic rings. The van der Waals surface area contributed by atoms with Crippen LogP contribution in [0.3, 0.4) is 0 Å². The molecule has 1 aromatic carbocycles. The van der Waals surface area contributed by atoms with E-state index in [2.05, 4.69) is 15.3 Å². The van der Waals surface area contributed by atoms with Crippen LogP contribution in [0.15, 0.2) is 40.6 Å². The molecule has 0 fully saturated rings. The maximum Gasteiger partial charge on any atom is 0.263 e. The fourth-order valence-corrected chi connectivity index (χ4v) is 2.76. The Balaban J connectivity index is 0.00000192. The number of aliphatic hydroxyl groups excluding tert-OH is 1. The Bertz CT molecular complexity index is 891. The van der Waals surface area contributed by atoms with Gasteiger partial charge in [-0.1, -0.05) is 12.1 Å². The SMILES string of the molecule is CC(O)c1[nH]c2ccccc2c(=O)c1C(=O)Nc1nccs1.Cl. The van der Waals surface area contributed by atoms with Gasteiger partial charge in [0.25, 0.3) is 5.91 Å². The highest BCUT2D eigenvalue weighted by Gasteiger charge is 2.22. The van der Waals surface area contributed by atoms with Crippen LogP contribution in [0.25, 0.3) is 10.9 Å². The summed E-state index contributed by atoms with van der Waals surface area (Å²) in [6, 6.07) is 6.87. The summed E-state index contributed by atoms with van der Waals surface area (Å²) in [5, 5.41) is 15.0. The molecule has 3 rings (SSSR count). The molecule has 2 aromatic heterocycles. The Morgan fingerprint density at radius 1 is 1.39 bits per heavy atom. The lowest BCUT2D eigenvalue weighted by Crippen LogP contribution is -2.26. The van der Waals surface area contributed by atoms with E-state index in [1.165, 1.54) is 18.3 Å². The third-order valence-corrected chi connectivity index (χ3v) is 3.92. The quantitative estimate of drug-likeness (QED) is 0.676. The molecule has 0 bridgehead atoms. The van der Waals surface area contributed by atoms with E-state index in [1.54, 1.807) is 35.8 Å². The van der Waals surface area contributed by atoms with Crippen LogP contribution in [0.5, 0.6) is 0 Å². The van der Waals surface area contributed by atoms with Crippen molar-refractivity contribution >= 4 is 45.7 Å². The van der Waals surface area contributed by atoms with Gasteiger partial charge in [0.1, 0.15) is 5.56 Å². The Kier molecular flexibility index (Phi) is 5.15. The maximum absolute atomic E-state index is 12.6. The summed E-state index contributed by atoms with van der Waals surface area (Å²) in [5.74, 6) is -0.585. The predicted octanol–water partition coefficient (Wildman–Crippen LogP) is 2.71. The van der Waals surface area contributed by atoms with E-state index >= 15 is 0 Å². The molecule has 0 radical (unpaired) electrons. The number of carbonyl (C=O) groups excluding carboxylic acids is 1. The molecule has 0 aliphatic heterocycles. The number of pyridine rings is 1. The molecule has 1 amide bonds. The number of hydrogen-bond donors (Lipinski definition) is 3. The lowest BCUT2D eigenvalue weighted by molar-refractivity contribution is 0.101. The van der Waals surface area contributed by atoms with Gasteiger partial charge in [-0.15, -0.1) is 23.7 Å². The Morgan fingerprint density at radius 3 is 2.78 bits per heavy atom. The van der Waals surface area contributed by atoms with Gasteiger partial charge in [0, 0.05) is 22.5 Å². The summed E-state index contributed by atoms with van der Waals surface area (Å²) in [5.41, 5.74) is 0.259. The summed E-state index contributed by atoms with van der Waals surface area (Å²) in [7, 11) is 0. The second-order valence-electron chi connectivity index (χ2n) is 4.76. The van der Waals surface area contributed by atoms with E-state index in [-0.39, 0.29) is 23.7 Å². The van der Waals surface area contributed by atoms with Crippen LogP contribution in [-0.2, 0) is 0 Å². The first kappa shape index (κ1) is 17.1. The Morgan fingerprint density at radius 2 is 2.13 bits per heavy atom. The fourth-order valence-electron chi connectivity index (χ4n) is 2.24. The predicted molar refractivity (Wildman–Crippen MR) is 92.5 cm³/mol. The van der Waals surface area contributed by atoms with Gasteiger partial charge in [0.2, 0.25) is 5.43 Å². The van der Waals surface area contributed by atoms with Crippen LogP contribution in [0, 0.1) is 0 Å². The van der Waals surface area contributed by atoms with E-state index in [4.69, 9.17) is 0 Å². The monoisotopic (exact) mass is 351 g/mol. The molecule has 0 saturated carbocycles. The number of nitrogens with zero attached hydrogens (tertiary/aromatic N) is 1. The van der Waals surface area contributed by atoms with Crippen LogP contribution < -0.4 is 10.7 Å². The van der Waals surface area contributed by atoms with Crippen LogP contribution in [-0.4, -0.2) is 21.0 Å². The number of hydrogen-bond acceptors (Lipinski definition) is 5. The molecule has 0 aliphatic rings. The van der Waals surface area contributed by atoms with Gasteiger partial charge in [0.05, 0.1) is 11.8 Å². The third-order valence-electron chi connectivity index (χ3n) is 3.24. The van der Waals surface area contributed by atoms with Gasteiger partial charge in [0.15, 0.2) is 5.13 Å². The number of aromatic nitrogens is 2. The number of aromatic amines is 1. The number of anilines is 1. The highest BCUT2D eigenvalue weighted by atomic mass is 35.5. The number of halogens is 1. The molecule has 8 heteroatoms. The van der Waals surface area contributed by atoms with Crippen molar-refractivity contribution in [2.45, 2.75) is 13.0 Å². The highest BCUT2D eigenvalue weighted by Crippen LogP contribution is 2.19. The van der Waals surface area contributed by atoms with Gasteiger partial charge in [-0.25, -0.2) is 4.98 Å². The van der Waals surface area contributed by atoms with Gasteiger partial charge >= 0.3 is 0 Å². The molecule has 2 heterocycles. The second kappa shape index (κ2) is 6.91. The molecule has 0 saturated heterocycles. The molecule has 1 atom stereocenters. The molecule has 3 N–H and O–H groups in total. The molecule has 1 unspecified atom stereocenters. The van der Waals surface area contributed by atoms with Crippen LogP contribution in [0.4, 0.5) is 5.13 Å². The topological polar surface area (TPSA) is 95.1 Å². The minimum atomic E-state index is -0.977. The smallest absolute Gasteiger partial charge is 0.263 e. The van der Waals surface area contributed by atoms with Crippen molar-refractivity contribution < 1.29 is 9.90 Å². The molecule has 6 nitrogen and oxygen atoms in total. The van der Waals surface area contributed by atoms with Gasteiger partial charge in [-0.3, -0.25) is 14.9 Å². The van der Waals surface area contributed by atoms with Crippen molar-refractivity contribution in [1.29, 1.82) is 0 Å². The number of fused-ring (bicyclic) bond motifs is 1. The Hall–Kier alpha value is -2.22. The van der Waals surface area contributed by atoms with Crippen molar-refractivity contribution in [3.63, 3.8) is 0 Å². The normalized spacial score (nSPS) is 11.7. The van der Waals surface area contributed by atoms with Crippen LogP contribution in [0.1, 0.15) is 29.1 Å². The number of thiazole rings is 1. The van der Waals surface area contributed by atoms with Gasteiger partial charge < -0.3 is 10.1 Å². The standard InChI is InChI=1S/C15H13N3O3S.ClH/c1-8(19)12-11(14(21)18-15-16-6-7-22-15)13(20)9-4-2-3-5-10(9)17-12;/h2-8,19H,1H3,(H,17,20)(H,16,18,21);1H. The van der Waals surface area contributed by atoms with E-state index < -0.39 is 17.4 Å². The minimum Gasteiger partial charge on any atom is -0.387 e. The van der Waals surface area contributed by atoms with E-state index in [0.717, 1.165) is 0 Å². The lowest BCUT2D eigenvalue weighted by atomic mass is 10.0. The first-order chi connectivity index (χ1) is 10.6.